The van der Waals surface area contributed by atoms with Gasteiger partial charge in [0.1, 0.15) is 0 Å². The molecule has 0 amide bonds. The third-order valence-corrected chi connectivity index (χ3v) is 3.41. The third-order valence-electron chi connectivity index (χ3n) is 3.41. The van der Waals surface area contributed by atoms with Crippen molar-refractivity contribution in [3.63, 3.8) is 0 Å². The average Bonchev–Trinajstić information content (AvgIpc) is 2.26. The van der Waals surface area contributed by atoms with Crippen molar-refractivity contribution in [3.8, 4) is 0 Å². The Morgan fingerprint density at radius 3 is 2.27 bits per heavy atom. The molecule has 90 valence electrons. The van der Waals surface area contributed by atoms with Crippen molar-refractivity contribution in [2.24, 2.45) is 5.92 Å². The smallest absolute Gasteiger partial charge is 0.0222 e. The Hall–Kier alpha value is -0.120. The number of rotatable bonds is 5. The Labute approximate surface area is 94.6 Å². The highest BCUT2D eigenvalue weighted by molar-refractivity contribution is 4.83. The maximum absolute atomic E-state index is 3.47. The Balaban J connectivity index is 2.43. The van der Waals surface area contributed by atoms with E-state index in [9.17, 15) is 0 Å². The van der Waals surface area contributed by atoms with E-state index in [4.69, 9.17) is 0 Å². The van der Waals surface area contributed by atoms with Gasteiger partial charge in [0, 0.05) is 38.3 Å². The van der Waals surface area contributed by atoms with Crippen LogP contribution < -0.4 is 10.6 Å². The molecule has 15 heavy (non-hydrogen) atoms. The van der Waals surface area contributed by atoms with Crippen LogP contribution in [0.4, 0.5) is 0 Å². The minimum absolute atomic E-state index is 0.628. The molecule has 0 aromatic rings. The Kier molecular flexibility index (Phi) is 5.58. The molecule has 1 heterocycles. The van der Waals surface area contributed by atoms with Crippen molar-refractivity contribution in [1.29, 1.82) is 0 Å². The molecule has 1 fully saturated rings. The van der Waals surface area contributed by atoms with E-state index in [0.29, 0.717) is 12.1 Å². The van der Waals surface area contributed by atoms with Gasteiger partial charge in [0.2, 0.25) is 0 Å². The summed E-state index contributed by atoms with van der Waals surface area (Å²) in [5.41, 5.74) is 0. The zero-order valence-electron chi connectivity index (χ0n) is 10.7. The molecule has 0 aliphatic carbocycles. The van der Waals surface area contributed by atoms with Gasteiger partial charge in [0.15, 0.2) is 0 Å². The highest BCUT2D eigenvalue weighted by Crippen LogP contribution is 2.13. The summed E-state index contributed by atoms with van der Waals surface area (Å²) in [6, 6.07) is 1.28. The van der Waals surface area contributed by atoms with Crippen LogP contribution in [0, 0.1) is 5.92 Å². The summed E-state index contributed by atoms with van der Waals surface area (Å²) in [7, 11) is 2.09. The number of piperazine rings is 1. The highest BCUT2D eigenvalue weighted by atomic mass is 15.2. The number of nitrogens with zero attached hydrogens (tertiary/aromatic N) is 1. The van der Waals surface area contributed by atoms with Gasteiger partial charge in [-0.15, -0.1) is 0 Å². The summed E-state index contributed by atoms with van der Waals surface area (Å²) >= 11 is 0. The van der Waals surface area contributed by atoms with Gasteiger partial charge in [0.05, 0.1) is 0 Å². The Morgan fingerprint density at radius 1 is 1.20 bits per heavy atom. The highest BCUT2D eigenvalue weighted by Gasteiger charge is 2.23. The molecule has 3 nitrogen and oxygen atoms in total. The number of hydrogen-bond acceptors (Lipinski definition) is 3. The second-order valence-electron chi connectivity index (χ2n) is 5.05. The lowest BCUT2D eigenvalue weighted by atomic mass is 9.97. The summed E-state index contributed by atoms with van der Waals surface area (Å²) in [5.74, 6) is 0.771. The van der Waals surface area contributed by atoms with Gasteiger partial charge >= 0.3 is 0 Å². The topological polar surface area (TPSA) is 27.3 Å². The molecule has 2 unspecified atom stereocenters. The van der Waals surface area contributed by atoms with Crippen LogP contribution in [0.25, 0.3) is 0 Å². The van der Waals surface area contributed by atoms with Gasteiger partial charge in [-0.3, -0.25) is 4.90 Å². The van der Waals surface area contributed by atoms with Gasteiger partial charge in [-0.1, -0.05) is 13.8 Å². The molecule has 1 saturated heterocycles. The first-order valence-corrected chi connectivity index (χ1v) is 6.27. The normalized spacial score (nSPS) is 23.0. The van der Waals surface area contributed by atoms with Gasteiger partial charge in [0.25, 0.3) is 0 Å². The van der Waals surface area contributed by atoms with Gasteiger partial charge < -0.3 is 10.6 Å². The molecule has 2 N–H and O–H groups in total. The monoisotopic (exact) mass is 213 g/mol. The lowest BCUT2D eigenvalue weighted by Crippen LogP contribution is -2.54. The lowest BCUT2D eigenvalue weighted by molar-refractivity contribution is 0.144. The second kappa shape index (κ2) is 6.46. The fourth-order valence-corrected chi connectivity index (χ4v) is 2.41. The average molecular weight is 213 g/mol. The standard InChI is InChI=1S/C12H27N3/c1-10(2)9-12(13-4)11(3)15-7-5-14-6-8-15/h10-14H,5-9H2,1-4H3. The molecule has 0 aromatic carbocycles. The van der Waals surface area contributed by atoms with Crippen LogP contribution in [-0.2, 0) is 0 Å². The fourth-order valence-electron chi connectivity index (χ4n) is 2.41. The Bertz CT molecular complexity index is 164. The van der Waals surface area contributed by atoms with E-state index in [1.165, 1.54) is 19.5 Å². The maximum atomic E-state index is 3.47. The predicted molar refractivity (Wildman–Crippen MR) is 66.2 cm³/mol. The van der Waals surface area contributed by atoms with Crippen molar-refractivity contribution >= 4 is 0 Å². The zero-order valence-corrected chi connectivity index (χ0v) is 10.7. The van der Waals surface area contributed by atoms with Crippen molar-refractivity contribution in [3.05, 3.63) is 0 Å². The SMILES string of the molecule is CNC(CC(C)C)C(C)N1CCNCC1. The van der Waals surface area contributed by atoms with Crippen LogP contribution in [0.15, 0.2) is 0 Å². The van der Waals surface area contributed by atoms with Gasteiger partial charge in [-0.2, -0.15) is 0 Å². The number of likely N-dealkylation sites (N-methyl/N-ethyl adjacent to an activating group) is 1. The van der Waals surface area contributed by atoms with Crippen LogP contribution in [0.2, 0.25) is 0 Å². The van der Waals surface area contributed by atoms with E-state index in [2.05, 4.69) is 43.4 Å². The molecule has 2 atom stereocenters. The van der Waals surface area contributed by atoms with E-state index in [-0.39, 0.29) is 0 Å². The largest absolute Gasteiger partial charge is 0.315 e. The van der Waals surface area contributed by atoms with E-state index in [0.717, 1.165) is 19.0 Å². The van der Waals surface area contributed by atoms with Crippen molar-refractivity contribution in [2.45, 2.75) is 39.3 Å². The van der Waals surface area contributed by atoms with Gasteiger partial charge in [-0.25, -0.2) is 0 Å². The molecule has 1 aliphatic rings. The van der Waals surface area contributed by atoms with Crippen LogP contribution >= 0.6 is 0 Å². The molecular weight excluding hydrogens is 186 g/mol. The minimum atomic E-state index is 0.628. The number of hydrogen-bond donors (Lipinski definition) is 2. The molecule has 1 rings (SSSR count). The molecule has 0 radical (unpaired) electrons. The quantitative estimate of drug-likeness (QED) is 0.711. The van der Waals surface area contributed by atoms with E-state index < -0.39 is 0 Å². The van der Waals surface area contributed by atoms with Crippen LogP contribution in [0.5, 0.6) is 0 Å². The van der Waals surface area contributed by atoms with E-state index >= 15 is 0 Å². The van der Waals surface area contributed by atoms with Gasteiger partial charge in [-0.05, 0) is 26.3 Å². The van der Waals surface area contributed by atoms with Crippen molar-refractivity contribution < 1.29 is 0 Å². The van der Waals surface area contributed by atoms with E-state index in [1.807, 2.05) is 0 Å². The van der Waals surface area contributed by atoms with Crippen molar-refractivity contribution in [2.75, 3.05) is 33.2 Å². The molecule has 1 aliphatic heterocycles. The molecule has 0 saturated carbocycles. The molecular formula is C12H27N3. The summed E-state index contributed by atoms with van der Waals surface area (Å²) in [6.45, 7) is 11.6. The summed E-state index contributed by atoms with van der Waals surface area (Å²) in [6.07, 6.45) is 1.27. The molecule has 0 spiro atoms. The first-order valence-electron chi connectivity index (χ1n) is 6.27. The Morgan fingerprint density at radius 2 is 1.80 bits per heavy atom. The molecule has 0 aromatic heterocycles. The first kappa shape index (κ1) is 12.9. The van der Waals surface area contributed by atoms with Crippen LogP contribution in [0.1, 0.15) is 27.2 Å². The van der Waals surface area contributed by atoms with Crippen LogP contribution in [-0.4, -0.2) is 50.2 Å². The van der Waals surface area contributed by atoms with Crippen molar-refractivity contribution in [1.82, 2.24) is 15.5 Å². The first-order chi connectivity index (χ1) is 7.15. The third kappa shape index (κ3) is 4.09. The summed E-state index contributed by atoms with van der Waals surface area (Å²) < 4.78 is 0. The fraction of sp³-hybridized carbons (Fsp3) is 1.00. The lowest BCUT2D eigenvalue weighted by Gasteiger charge is -2.37. The van der Waals surface area contributed by atoms with E-state index in [1.54, 1.807) is 0 Å². The molecule has 0 bridgehead atoms. The predicted octanol–water partition coefficient (Wildman–Crippen LogP) is 0.914. The maximum Gasteiger partial charge on any atom is 0.0222 e. The second-order valence-corrected chi connectivity index (χ2v) is 5.05. The number of nitrogens with one attached hydrogen (secondary N) is 2. The molecule has 3 heteroatoms. The zero-order chi connectivity index (χ0) is 11.3. The minimum Gasteiger partial charge on any atom is -0.315 e. The summed E-state index contributed by atoms with van der Waals surface area (Å²) in [4.78, 5) is 2.60. The summed E-state index contributed by atoms with van der Waals surface area (Å²) in [5, 5.41) is 6.87. The van der Waals surface area contributed by atoms with Crippen LogP contribution in [0.3, 0.4) is 0 Å².